The molecule has 2 nitrogen and oxygen atoms in total. The van der Waals surface area contributed by atoms with E-state index in [1.165, 1.54) is 5.56 Å². The van der Waals surface area contributed by atoms with E-state index in [-0.39, 0.29) is 6.61 Å². The smallest absolute Gasteiger partial charge is 0.0545 e. The minimum Gasteiger partial charge on any atom is -0.396 e. The van der Waals surface area contributed by atoms with E-state index in [9.17, 15) is 0 Å². The molecule has 0 aliphatic heterocycles. The molecule has 1 atom stereocenters. The second-order valence-electron chi connectivity index (χ2n) is 4.74. The second-order valence-corrected chi connectivity index (χ2v) is 6.63. The molecule has 0 saturated carbocycles. The Morgan fingerprint density at radius 2 is 2.06 bits per heavy atom. The molecule has 0 aliphatic carbocycles. The van der Waals surface area contributed by atoms with Crippen LogP contribution in [0.5, 0.6) is 0 Å². The van der Waals surface area contributed by atoms with E-state index < -0.39 is 0 Å². The summed E-state index contributed by atoms with van der Waals surface area (Å²) in [5.74, 6) is 0. The fourth-order valence-corrected chi connectivity index (χ4v) is 2.84. The number of thioether (sulfide) groups is 1. The molecular weight excluding hydrogens is 266 g/mol. The molecule has 0 aromatic heterocycles. The van der Waals surface area contributed by atoms with Crippen molar-refractivity contribution < 1.29 is 5.11 Å². The maximum atomic E-state index is 8.90. The lowest BCUT2D eigenvalue weighted by atomic mass is 10.2. The van der Waals surface area contributed by atoms with E-state index in [1.54, 1.807) is 11.8 Å². The normalized spacial score (nSPS) is 13.0. The van der Waals surface area contributed by atoms with Crippen LogP contribution in [0.1, 0.15) is 32.8 Å². The summed E-state index contributed by atoms with van der Waals surface area (Å²) in [6.45, 7) is 7.42. The molecule has 0 fully saturated rings. The first kappa shape index (κ1) is 15.8. The molecule has 0 spiro atoms. The minimum absolute atomic E-state index is 0.224. The van der Waals surface area contributed by atoms with Gasteiger partial charge in [0.05, 0.1) is 5.02 Å². The third-order valence-corrected chi connectivity index (χ3v) is 4.25. The second kappa shape index (κ2) is 8.05. The Bertz CT molecular complexity index is 371. The Hall–Kier alpha value is -0.220. The minimum atomic E-state index is 0.224. The van der Waals surface area contributed by atoms with Gasteiger partial charge in [0.25, 0.3) is 0 Å². The van der Waals surface area contributed by atoms with Crippen LogP contribution in [-0.4, -0.2) is 23.0 Å². The lowest BCUT2D eigenvalue weighted by Crippen LogP contribution is -2.21. The van der Waals surface area contributed by atoms with Gasteiger partial charge >= 0.3 is 0 Å². The van der Waals surface area contributed by atoms with Crippen LogP contribution in [0.4, 0.5) is 0 Å². The van der Waals surface area contributed by atoms with E-state index >= 15 is 0 Å². The van der Waals surface area contributed by atoms with Crippen LogP contribution in [-0.2, 0) is 6.54 Å². The van der Waals surface area contributed by atoms with Gasteiger partial charge in [-0.2, -0.15) is 0 Å². The Balaban J connectivity index is 2.61. The molecule has 0 saturated heterocycles. The van der Waals surface area contributed by atoms with Gasteiger partial charge in [-0.05, 0) is 24.1 Å². The summed E-state index contributed by atoms with van der Waals surface area (Å²) in [6, 6.07) is 6.67. The largest absolute Gasteiger partial charge is 0.396 e. The zero-order valence-corrected chi connectivity index (χ0v) is 12.8. The third kappa shape index (κ3) is 5.61. The van der Waals surface area contributed by atoms with Gasteiger partial charge in [0.2, 0.25) is 0 Å². The van der Waals surface area contributed by atoms with Crippen molar-refractivity contribution in [1.82, 2.24) is 5.32 Å². The average molecular weight is 288 g/mol. The molecule has 1 aromatic rings. The first-order valence-electron chi connectivity index (χ1n) is 6.32. The predicted molar refractivity (Wildman–Crippen MR) is 80.4 cm³/mol. The summed E-state index contributed by atoms with van der Waals surface area (Å²) < 4.78 is 0. The van der Waals surface area contributed by atoms with Crippen LogP contribution in [0.3, 0.4) is 0 Å². The van der Waals surface area contributed by atoms with Crippen LogP contribution in [0, 0.1) is 0 Å². The quantitative estimate of drug-likeness (QED) is 0.750. The van der Waals surface area contributed by atoms with Crippen molar-refractivity contribution >= 4 is 23.4 Å². The highest BCUT2D eigenvalue weighted by Gasteiger charge is 2.08. The Kier molecular flexibility index (Phi) is 7.08. The molecule has 1 unspecified atom stereocenters. The lowest BCUT2D eigenvalue weighted by Gasteiger charge is -2.13. The molecule has 0 amide bonds. The molecule has 102 valence electrons. The molecule has 4 heteroatoms. The monoisotopic (exact) mass is 287 g/mol. The van der Waals surface area contributed by atoms with Gasteiger partial charge in [-0.3, -0.25) is 0 Å². The van der Waals surface area contributed by atoms with Crippen molar-refractivity contribution in [2.24, 2.45) is 0 Å². The third-order valence-electron chi connectivity index (χ3n) is 2.57. The van der Waals surface area contributed by atoms with Gasteiger partial charge in [0.15, 0.2) is 0 Å². The van der Waals surface area contributed by atoms with E-state index in [0.29, 0.717) is 11.3 Å². The summed E-state index contributed by atoms with van der Waals surface area (Å²) >= 11 is 7.99. The van der Waals surface area contributed by atoms with E-state index in [2.05, 4.69) is 38.2 Å². The molecule has 18 heavy (non-hydrogen) atoms. The van der Waals surface area contributed by atoms with Crippen LogP contribution >= 0.6 is 23.4 Å². The van der Waals surface area contributed by atoms with Gasteiger partial charge in [0.1, 0.15) is 0 Å². The van der Waals surface area contributed by atoms with E-state index in [0.717, 1.165) is 22.9 Å². The molecular formula is C14H22ClNOS. The van der Waals surface area contributed by atoms with Gasteiger partial charge in [-0.15, -0.1) is 11.8 Å². The van der Waals surface area contributed by atoms with Crippen LogP contribution in [0.25, 0.3) is 0 Å². The van der Waals surface area contributed by atoms with Crippen molar-refractivity contribution in [3.05, 3.63) is 28.8 Å². The fraction of sp³-hybridized carbons (Fsp3) is 0.571. The summed E-state index contributed by atoms with van der Waals surface area (Å²) in [5, 5.41) is 13.4. The number of hydrogen-bond acceptors (Lipinski definition) is 3. The number of nitrogens with one attached hydrogen (secondary N) is 1. The highest BCUT2D eigenvalue weighted by molar-refractivity contribution is 8.00. The predicted octanol–water partition coefficient (Wildman–Crippen LogP) is 3.70. The number of hydrogen-bond donors (Lipinski definition) is 2. The summed E-state index contributed by atoms with van der Waals surface area (Å²) in [7, 11) is 0. The van der Waals surface area contributed by atoms with E-state index in [1.807, 2.05) is 6.07 Å². The molecule has 0 aliphatic rings. The molecule has 0 radical (unpaired) electrons. The lowest BCUT2D eigenvalue weighted by molar-refractivity contribution is 0.289. The Morgan fingerprint density at radius 1 is 1.33 bits per heavy atom. The van der Waals surface area contributed by atoms with Crippen molar-refractivity contribution in [3.8, 4) is 0 Å². The molecule has 0 bridgehead atoms. The van der Waals surface area contributed by atoms with E-state index in [4.69, 9.17) is 16.7 Å². The highest BCUT2D eigenvalue weighted by atomic mass is 35.5. The topological polar surface area (TPSA) is 32.3 Å². The summed E-state index contributed by atoms with van der Waals surface area (Å²) in [6.07, 6.45) is 0.789. The van der Waals surface area contributed by atoms with Crippen LogP contribution in [0.15, 0.2) is 23.1 Å². The molecule has 1 rings (SSSR count). The standard InChI is InChI=1S/C14H22ClNOS/c1-10(2)16-9-12-4-5-14(13(15)8-12)18-11(3)6-7-17/h4-5,8,10-11,16-17H,6-7,9H2,1-3H3. The van der Waals surface area contributed by atoms with Gasteiger partial charge < -0.3 is 10.4 Å². The zero-order chi connectivity index (χ0) is 13.5. The van der Waals surface area contributed by atoms with Gasteiger partial charge in [-0.25, -0.2) is 0 Å². The van der Waals surface area contributed by atoms with Crippen molar-refractivity contribution in [1.29, 1.82) is 0 Å². The number of aliphatic hydroxyl groups excluding tert-OH is 1. The molecule has 0 heterocycles. The number of aliphatic hydroxyl groups is 1. The molecule has 1 aromatic carbocycles. The summed E-state index contributed by atoms with van der Waals surface area (Å²) in [4.78, 5) is 1.09. The number of halogens is 1. The van der Waals surface area contributed by atoms with Crippen LogP contribution < -0.4 is 5.32 Å². The van der Waals surface area contributed by atoms with Crippen molar-refractivity contribution in [2.45, 2.75) is 49.9 Å². The number of benzene rings is 1. The Labute approximate surface area is 119 Å². The first-order chi connectivity index (χ1) is 8.52. The first-order valence-corrected chi connectivity index (χ1v) is 7.58. The number of rotatable bonds is 7. The van der Waals surface area contributed by atoms with Crippen molar-refractivity contribution in [2.75, 3.05) is 6.61 Å². The SMILES string of the molecule is CC(C)NCc1ccc(SC(C)CCO)c(Cl)c1. The van der Waals surface area contributed by atoms with Gasteiger partial charge in [-0.1, -0.05) is 38.4 Å². The van der Waals surface area contributed by atoms with Gasteiger partial charge in [0, 0.05) is 29.3 Å². The summed E-state index contributed by atoms with van der Waals surface area (Å²) in [5.41, 5.74) is 1.20. The Morgan fingerprint density at radius 3 is 2.61 bits per heavy atom. The fourth-order valence-electron chi connectivity index (χ4n) is 1.53. The molecule has 2 N–H and O–H groups in total. The maximum absolute atomic E-state index is 8.90. The maximum Gasteiger partial charge on any atom is 0.0545 e. The van der Waals surface area contributed by atoms with Crippen LogP contribution in [0.2, 0.25) is 5.02 Å². The zero-order valence-electron chi connectivity index (χ0n) is 11.2. The average Bonchev–Trinajstić information content (AvgIpc) is 2.30. The van der Waals surface area contributed by atoms with Crippen molar-refractivity contribution in [3.63, 3.8) is 0 Å². The highest BCUT2D eigenvalue weighted by Crippen LogP contribution is 2.32.